The van der Waals surface area contributed by atoms with Crippen molar-refractivity contribution in [2.24, 2.45) is 5.92 Å². The number of anilines is 2. The van der Waals surface area contributed by atoms with E-state index < -0.39 is 23.5 Å². The summed E-state index contributed by atoms with van der Waals surface area (Å²) in [5.74, 6) is -2.06. The predicted octanol–water partition coefficient (Wildman–Crippen LogP) is 1.64. The van der Waals surface area contributed by atoms with Crippen molar-refractivity contribution in [3.8, 4) is 5.75 Å². The Morgan fingerprint density at radius 3 is 2.63 bits per heavy atom. The second kappa shape index (κ2) is 7.86. The number of nitrogens with one attached hydrogen (secondary N) is 2. The molecule has 1 aliphatic rings. The van der Waals surface area contributed by atoms with Gasteiger partial charge in [0.15, 0.2) is 0 Å². The van der Waals surface area contributed by atoms with Gasteiger partial charge in [-0.15, -0.1) is 0 Å². The monoisotopic (exact) mass is 371 g/mol. The van der Waals surface area contributed by atoms with Crippen LogP contribution in [0.25, 0.3) is 0 Å². The van der Waals surface area contributed by atoms with Gasteiger partial charge in [0.2, 0.25) is 17.7 Å². The highest BCUT2D eigenvalue weighted by atomic mass is 19.1. The number of amides is 3. The molecular formula is C19H18FN3O4. The van der Waals surface area contributed by atoms with Crippen molar-refractivity contribution < 1.29 is 23.9 Å². The van der Waals surface area contributed by atoms with Crippen LogP contribution >= 0.6 is 0 Å². The first-order valence-corrected chi connectivity index (χ1v) is 8.35. The van der Waals surface area contributed by atoms with Gasteiger partial charge in [0.25, 0.3) is 0 Å². The molecule has 8 heteroatoms. The Morgan fingerprint density at radius 1 is 1.19 bits per heavy atom. The average molecular weight is 371 g/mol. The van der Waals surface area contributed by atoms with Crippen LogP contribution in [0.4, 0.5) is 15.8 Å². The van der Waals surface area contributed by atoms with E-state index in [1.807, 2.05) is 0 Å². The standard InChI is InChI=1S/C19H18FN3O4/c20-13-4-6-15(7-5-13)23-11-12(8-18(23)26)19(27)21-10-17(25)22-14-2-1-3-16(24)9-14/h1-7,9,12,24H,8,10-11H2,(H,21,27)(H,22,25)/t12-/m0/s1. The minimum atomic E-state index is -0.587. The maximum Gasteiger partial charge on any atom is 0.243 e. The van der Waals surface area contributed by atoms with Crippen LogP contribution in [-0.2, 0) is 14.4 Å². The van der Waals surface area contributed by atoms with Crippen molar-refractivity contribution in [3.63, 3.8) is 0 Å². The first-order valence-electron chi connectivity index (χ1n) is 8.35. The first kappa shape index (κ1) is 18.4. The number of phenols is 1. The van der Waals surface area contributed by atoms with E-state index in [2.05, 4.69) is 10.6 Å². The molecule has 0 bridgehead atoms. The second-order valence-electron chi connectivity index (χ2n) is 6.20. The van der Waals surface area contributed by atoms with Crippen molar-refractivity contribution in [2.75, 3.05) is 23.3 Å². The lowest BCUT2D eigenvalue weighted by atomic mass is 10.1. The molecule has 0 aromatic heterocycles. The summed E-state index contributed by atoms with van der Waals surface area (Å²) in [6.07, 6.45) is 0.0252. The normalized spacial score (nSPS) is 16.3. The zero-order chi connectivity index (χ0) is 19.4. The third-order valence-electron chi connectivity index (χ3n) is 4.19. The van der Waals surface area contributed by atoms with Crippen LogP contribution < -0.4 is 15.5 Å². The molecule has 1 atom stereocenters. The number of phenolic OH excluding ortho intramolecular Hbond substituents is 1. The van der Waals surface area contributed by atoms with Crippen LogP contribution in [0.3, 0.4) is 0 Å². The number of rotatable bonds is 5. The summed E-state index contributed by atoms with van der Waals surface area (Å²) >= 11 is 0. The van der Waals surface area contributed by atoms with Gasteiger partial charge in [0.05, 0.1) is 12.5 Å². The van der Waals surface area contributed by atoms with Crippen molar-refractivity contribution in [2.45, 2.75) is 6.42 Å². The summed E-state index contributed by atoms with van der Waals surface area (Å²) in [6.45, 7) is -0.0831. The molecule has 27 heavy (non-hydrogen) atoms. The Hall–Kier alpha value is -3.42. The highest BCUT2D eigenvalue weighted by Gasteiger charge is 2.35. The molecular weight excluding hydrogens is 353 g/mol. The molecule has 1 heterocycles. The fraction of sp³-hybridized carbons (Fsp3) is 0.211. The number of halogens is 1. The van der Waals surface area contributed by atoms with Gasteiger partial charge in [-0.05, 0) is 36.4 Å². The van der Waals surface area contributed by atoms with Gasteiger partial charge in [-0.1, -0.05) is 6.07 Å². The average Bonchev–Trinajstić information content (AvgIpc) is 3.02. The van der Waals surface area contributed by atoms with E-state index in [1.54, 1.807) is 12.1 Å². The lowest BCUT2D eigenvalue weighted by molar-refractivity contribution is -0.127. The molecule has 7 nitrogen and oxygen atoms in total. The van der Waals surface area contributed by atoms with Crippen molar-refractivity contribution >= 4 is 29.1 Å². The lowest BCUT2D eigenvalue weighted by Crippen LogP contribution is -2.37. The molecule has 2 aromatic rings. The summed E-state index contributed by atoms with van der Waals surface area (Å²) in [4.78, 5) is 37.7. The van der Waals surface area contributed by atoms with E-state index in [1.165, 1.54) is 41.3 Å². The number of carbonyl (C=O) groups is 3. The highest BCUT2D eigenvalue weighted by Crippen LogP contribution is 2.25. The summed E-state index contributed by atoms with van der Waals surface area (Å²) in [6, 6.07) is 11.5. The molecule has 0 spiro atoms. The first-order chi connectivity index (χ1) is 12.9. The molecule has 2 aromatic carbocycles. The van der Waals surface area contributed by atoms with Crippen LogP contribution in [0.1, 0.15) is 6.42 Å². The summed E-state index contributed by atoms with van der Waals surface area (Å²) in [7, 11) is 0. The Kier molecular flexibility index (Phi) is 5.35. The van der Waals surface area contributed by atoms with Gasteiger partial charge < -0.3 is 20.6 Å². The summed E-state index contributed by atoms with van der Waals surface area (Å²) in [5.41, 5.74) is 0.936. The molecule has 0 unspecified atom stereocenters. The molecule has 1 fully saturated rings. The van der Waals surface area contributed by atoms with Crippen molar-refractivity contribution in [3.05, 3.63) is 54.3 Å². The Morgan fingerprint density at radius 2 is 1.93 bits per heavy atom. The van der Waals surface area contributed by atoms with Crippen LogP contribution in [0.15, 0.2) is 48.5 Å². The molecule has 1 aliphatic heterocycles. The van der Waals surface area contributed by atoms with Crippen LogP contribution in [-0.4, -0.2) is 35.9 Å². The highest BCUT2D eigenvalue weighted by molar-refractivity contribution is 6.01. The van der Waals surface area contributed by atoms with E-state index in [-0.39, 0.29) is 31.2 Å². The zero-order valence-corrected chi connectivity index (χ0v) is 14.3. The summed E-state index contributed by atoms with van der Waals surface area (Å²) in [5, 5.41) is 14.4. The third kappa shape index (κ3) is 4.60. The number of hydrogen-bond acceptors (Lipinski definition) is 4. The van der Waals surface area contributed by atoms with E-state index in [9.17, 15) is 23.9 Å². The number of hydrogen-bond donors (Lipinski definition) is 3. The van der Waals surface area contributed by atoms with E-state index in [0.29, 0.717) is 11.4 Å². The molecule has 3 N–H and O–H groups in total. The minimum Gasteiger partial charge on any atom is -0.508 e. The zero-order valence-electron chi connectivity index (χ0n) is 14.3. The van der Waals surface area contributed by atoms with Crippen LogP contribution in [0, 0.1) is 11.7 Å². The number of aromatic hydroxyl groups is 1. The quantitative estimate of drug-likeness (QED) is 0.744. The second-order valence-corrected chi connectivity index (χ2v) is 6.20. The van der Waals surface area contributed by atoms with Gasteiger partial charge in [0.1, 0.15) is 11.6 Å². The molecule has 140 valence electrons. The maximum absolute atomic E-state index is 13.0. The van der Waals surface area contributed by atoms with Crippen molar-refractivity contribution in [1.82, 2.24) is 5.32 Å². The Balaban J connectivity index is 1.52. The molecule has 0 radical (unpaired) electrons. The molecule has 1 saturated heterocycles. The molecule has 0 saturated carbocycles. The van der Waals surface area contributed by atoms with Gasteiger partial charge in [0, 0.05) is 30.4 Å². The third-order valence-corrected chi connectivity index (χ3v) is 4.19. The number of nitrogens with zero attached hydrogens (tertiary/aromatic N) is 1. The Labute approximate surface area is 154 Å². The predicted molar refractivity (Wildman–Crippen MR) is 96.6 cm³/mol. The van der Waals surface area contributed by atoms with E-state index >= 15 is 0 Å². The molecule has 3 amide bonds. The van der Waals surface area contributed by atoms with E-state index in [0.717, 1.165) is 0 Å². The minimum absolute atomic E-state index is 0.0159. The van der Waals surface area contributed by atoms with Crippen LogP contribution in [0.5, 0.6) is 5.75 Å². The topological polar surface area (TPSA) is 98.7 Å². The van der Waals surface area contributed by atoms with Crippen molar-refractivity contribution in [1.29, 1.82) is 0 Å². The molecule has 0 aliphatic carbocycles. The van der Waals surface area contributed by atoms with Gasteiger partial charge >= 0.3 is 0 Å². The van der Waals surface area contributed by atoms with Gasteiger partial charge in [-0.3, -0.25) is 14.4 Å². The van der Waals surface area contributed by atoms with E-state index in [4.69, 9.17) is 0 Å². The largest absolute Gasteiger partial charge is 0.508 e. The SMILES string of the molecule is O=C(CNC(=O)[C@H]1CC(=O)N(c2ccc(F)cc2)C1)Nc1cccc(O)c1. The van der Waals surface area contributed by atoms with Gasteiger partial charge in [-0.2, -0.15) is 0 Å². The number of carbonyl (C=O) groups excluding carboxylic acids is 3. The Bertz CT molecular complexity index is 870. The number of benzene rings is 2. The smallest absolute Gasteiger partial charge is 0.243 e. The van der Waals surface area contributed by atoms with Crippen LogP contribution in [0.2, 0.25) is 0 Å². The van der Waals surface area contributed by atoms with Gasteiger partial charge in [-0.25, -0.2) is 4.39 Å². The maximum atomic E-state index is 13.0. The fourth-order valence-electron chi connectivity index (χ4n) is 2.85. The summed E-state index contributed by atoms with van der Waals surface area (Å²) < 4.78 is 13.0. The molecule has 3 rings (SSSR count). The lowest BCUT2D eigenvalue weighted by Gasteiger charge is -2.16. The fourth-order valence-corrected chi connectivity index (χ4v) is 2.85.